The Bertz CT molecular complexity index is 252. The predicted molar refractivity (Wildman–Crippen MR) is 80.0 cm³/mol. The molecule has 0 aromatic heterocycles. The lowest BCUT2D eigenvalue weighted by Crippen LogP contribution is -2.50. The minimum Gasteiger partial charge on any atom is -0.355 e. The van der Waals surface area contributed by atoms with Gasteiger partial charge < -0.3 is 11.1 Å². The minimum absolute atomic E-state index is 0.0479. The van der Waals surface area contributed by atoms with E-state index in [-0.39, 0.29) is 11.9 Å². The molecule has 0 bridgehead atoms. The number of carbonyl (C=O) groups excluding carboxylic acids is 1. The van der Waals surface area contributed by atoms with Gasteiger partial charge in [-0.2, -0.15) is 0 Å². The molecule has 0 radical (unpaired) electrons. The lowest BCUT2D eigenvalue weighted by Gasteiger charge is -2.33. The average molecular weight is 269 g/mol. The second-order valence-electron chi connectivity index (χ2n) is 5.64. The molecule has 1 aliphatic carbocycles. The van der Waals surface area contributed by atoms with E-state index in [9.17, 15) is 4.79 Å². The molecule has 1 rings (SSSR count). The molecule has 0 spiro atoms. The number of unbranched alkanes of at least 4 members (excludes halogenated alkanes) is 2. The molecule has 4 heteroatoms. The van der Waals surface area contributed by atoms with Gasteiger partial charge in [0.25, 0.3) is 0 Å². The zero-order chi connectivity index (χ0) is 14.1. The summed E-state index contributed by atoms with van der Waals surface area (Å²) >= 11 is 0. The SMILES string of the molecule is CCCCCNC(=O)C(C)N(CCN)C1CCCC1. The minimum atomic E-state index is -0.0479. The van der Waals surface area contributed by atoms with Gasteiger partial charge in [0.15, 0.2) is 0 Å². The van der Waals surface area contributed by atoms with Crippen molar-refractivity contribution in [3.8, 4) is 0 Å². The van der Waals surface area contributed by atoms with Crippen molar-refractivity contribution in [1.82, 2.24) is 10.2 Å². The van der Waals surface area contributed by atoms with Crippen LogP contribution in [0.15, 0.2) is 0 Å². The first-order valence-corrected chi connectivity index (χ1v) is 7.94. The van der Waals surface area contributed by atoms with Gasteiger partial charge in [-0.25, -0.2) is 0 Å². The van der Waals surface area contributed by atoms with Crippen LogP contribution in [0.25, 0.3) is 0 Å². The maximum absolute atomic E-state index is 12.2. The van der Waals surface area contributed by atoms with Gasteiger partial charge in [-0.1, -0.05) is 32.6 Å². The molecule has 0 aromatic rings. The van der Waals surface area contributed by atoms with Crippen LogP contribution in [0.2, 0.25) is 0 Å². The number of carbonyl (C=O) groups is 1. The predicted octanol–water partition coefficient (Wildman–Crippen LogP) is 1.88. The highest BCUT2D eigenvalue weighted by Gasteiger charge is 2.29. The van der Waals surface area contributed by atoms with Crippen LogP contribution in [-0.4, -0.2) is 42.5 Å². The van der Waals surface area contributed by atoms with Crippen molar-refractivity contribution < 1.29 is 4.79 Å². The fourth-order valence-corrected chi connectivity index (χ4v) is 2.96. The lowest BCUT2D eigenvalue weighted by atomic mass is 10.1. The molecule has 1 fully saturated rings. The summed E-state index contributed by atoms with van der Waals surface area (Å²) in [7, 11) is 0. The summed E-state index contributed by atoms with van der Waals surface area (Å²) in [5.41, 5.74) is 5.70. The Labute approximate surface area is 118 Å². The number of nitrogens with zero attached hydrogens (tertiary/aromatic N) is 1. The van der Waals surface area contributed by atoms with Crippen LogP contribution in [0, 0.1) is 0 Å². The molecular weight excluding hydrogens is 238 g/mol. The van der Waals surface area contributed by atoms with Gasteiger partial charge in [0.2, 0.25) is 5.91 Å². The highest BCUT2D eigenvalue weighted by atomic mass is 16.2. The summed E-state index contributed by atoms with van der Waals surface area (Å²) in [6.45, 7) is 6.45. The highest BCUT2D eigenvalue weighted by molar-refractivity contribution is 5.81. The van der Waals surface area contributed by atoms with Crippen LogP contribution < -0.4 is 11.1 Å². The number of amides is 1. The molecule has 19 heavy (non-hydrogen) atoms. The van der Waals surface area contributed by atoms with Gasteiger partial charge in [-0.3, -0.25) is 9.69 Å². The fourth-order valence-electron chi connectivity index (χ4n) is 2.96. The van der Waals surface area contributed by atoms with Crippen LogP contribution in [0.1, 0.15) is 58.8 Å². The zero-order valence-electron chi connectivity index (χ0n) is 12.7. The molecule has 1 aliphatic rings. The van der Waals surface area contributed by atoms with Gasteiger partial charge >= 0.3 is 0 Å². The average Bonchev–Trinajstić information content (AvgIpc) is 2.93. The van der Waals surface area contributed by atoms with E-state index in [0.29, 0.717) is 12.6 Å². The molecule has 1 atom stereocenters. The second kappa shape index (κ2) is 9.32. The van der Waals surface area contributed by atoms with Gasteiger partial charge in [0.05, 0.1) is 6.04 Å². The molecule has 4 nitrogen and oxygen atoms in total. The number of hydrogen-bond donors (Lipinski definition) is 2. The summed E-state index contributed by atoms with van der Waals surface area (Å²) in [5, 5.41) is 3.06. The summed E-state index contributed by atoms with van der Waals surface area (Å²) in [6, 6.07) is 0.508. The van der Waals surface area contributed by atoms with Crippen molar-refractivity contribution in [3.05, 3.63) is 0 Å². The third kappa shape index (κ3) is 5.49. The smallest absolute Gasteiger partial charge is 0.237 e. The van der Waals surface area contributed by atoms with Crippen molar-refractivity contribution in [2.24, 2.45) is 5.73 Å². The Morgan fingerprint density at radius 3 is 2.63 bits per heavy atom. The molecule has 1 unspecified atom stereocenters. The normalized spacial score (nSPS) is 17.9. The maximum atomic E-state index is 12.2. The first-order chi connectivity index (χ1) is 9.20. The van der Waals surface area contributed by atoms with E-state index >= 15 is 0 Å². The van der Waals surface area contributed by atoms with Crippen molar-refractivity contribution >= 4 is 5.91 Å². The Balaban J connectivity index is 2.40. The number of rotatable bonds is 9. The largest absolute Gasteiger partial charge is 0.355 e. The topological polar surface area (TPSA) is 58.4 Å². The maximum Gasteiger partial charge on any atom is 0.237 e. The second-order valence-corrected chi connectivity index (χ2v) is 5.64. The summed E-state index contributed by atoms with van der Waals surface area (Å²) in [5.74, 6) is 0.163. The number of hydrogen-bond acceptors (Lipinski definition) is 3. The zero-order valence-corrected chi connectivity index (χ0v) is 12.7. The molecule has 0 heterocycles. The Kier molecular flexibility index (Phi) is 8.07. The molecule has 1 amide bonds. The van der Waals surface area contributed by atoms with Gasteiger partial charge in [-0.15, -0.1) is 0 Å². The van der Waals surface area contributed by atoms with E-state index in [1.807, 2.05) is 6.92 Å². The number of nitrogens with one attached hydrogen (secondary N) is 1. The summed E-state index contributed by atoms with van der Waals surface area (Å²) < 4.78 is 0. The lowest BCUT2D eigenvalue weighted by molar-refractivity contribution is -0.126. The first-order valence-electron chi connectivity index (χ1n) is 7.94. The molecule has 0 saturated heterocycles. The third-order valence-corrected chi connectivity index (χ3v) is 4.14. The summed E-state index contributed by atoms with van der Waals surface area (Å²) in [6.07, 6.45) is 8.46. The van der Waals surface area contributed by atoms with Crippen LogP contribution >= 0.6 is 0 Å². The monoisotopic (exact) mass is 269 g/mol. The van der Waals surface area contributed by atoms with Crippen molar-refractivity contribution in [2.45, 2.75) is 70.9 Å². The van der Waals surface area contributed by atoms with E-state index in [2.05, 4.69) is 17.1 Å². The summed E-state index contributed by atoms with van der Waals surface area (Å²) in [4.78, 5) is 14.5. The van der Waals surface area contributed by atoms with E-state index in [1.165, 1.54) is 38.5 Å². The van der Waals surface area contributed by atoms with Crippen molar-refractivity contribution in [2.75, 3.05) is 19.6 Å². The quantitative estimate of drug-likeness (QED) is 0.628. The molecule has 0 aliphatic heterocycles. The number of nitrogens with two attached hydrogens (primary N) is 1. The van der Waals surface area contributed by atoms with Crippen LogP contribution in [0.4, 0.5) is 0 Å². The standard InChI is InChI=1S/C15H31N3O/c1-3-4-7-11-17-15(19)13(2)18(12-10-16)14-8-5-6-9-14/h13-14H,3-12,16H2,1-2H3,(H,17,19). The fraction of sp³-hybridized carbons (Fsp3) is 0.933. The molecule has 3 N–H and O–H groups in total. The van der Waals surface area contributed by atoms with Gasteiger partial charge in [-0.05, 0) is 26.2 Å². The molecule has 112 valence electrons. The first kappa shape index (κ1) is 16.4. The Hall–Kier alpha value is -0.610. The Morgan fingerprint density at radius 1 is 1.37 bits per heavy atom. The van der Waals surface area contributed by atoms with E-state index < -0.39 is 0 Å². The van der Waals surface area contributed by atoms with Crippen molar-refractivity contribution in [1.29, 1.82) is 0 Å². The highest BCUT2D eigenvalue weighted by Crippen LogP contribution is 2.24. The van der Waals surface area contributed by atoms with Gasteiger partial charge in [0, 0.05) is 25.7 Å². The van der Waals surface area contributed by atoms with Crippen LogP contribution in [0.3, 0.4) is 0 Å². The third-order valence-electron chi connectivity index (χ3n) is 4.14. The molecular formula is C15H31N3O. The van der Waals surface area contributed by atoms with Gasteiger partial charge in [0.1, 0.15) is 0 Å². The van der Waals surface area contributed by atoms with Crippen LogP contribution in [-0.2, 0) is 4.79 Å². The molecule has 0 aromatic carbocycles. The molecule has 1 saturated carbocycles. The van der Waals surface area contributed by atoms with E-state index in [4.69, 9.17) is 5.73 Å². The van der Waals surface area contributed by atoms with Crippen LogP contribution in [0.5, 0.6) is 0 Å². The Morgan fingerprint density at radius 2 is 2.05 bits per heavy atom. The van der Waals surface area contributed by atoms with E-state index in [1.54, 1.807) is 0 Å². The van der Waals surface area contributed by atoms with Crippen molar-refractivity contribution in [3.63, 3.8) is 0 Å². The van der Waals surface area contributed by atoms with E-state index in [0.717, 1.165) is 19.5 Å².